The summed E-state index contributed by atoms with van der Waals surface area (Å²) in [6.07, 6.45) is 4.63. The minimum Gasteiger partial charge on any atom is -0.508 e. The highest BCUT2D eigenvalue weighted by molar-refractivity contribution is 5.76. The van der Waals surface area contributed by atoms with E-state index in [-0.39, 0.29) is 11.7 Å². The minimum atomic E-state index is -0.503. The number of phenols is 1. The Kier molecular flexibility index (Phi) is 4.07. The van der Waals surface area contributed by atoms with Crippen molar-refractivity contribution in [2.75, 3.05) is 0 Å². The number of rotatable bonds is 4. The first-order valence-electron chi connectivity index (χ1n) is 7.43. The molecule has 1 aromatic rings. The van der Waals surface area contributed by atoms with Gasteiger partial charge in [0.15, 0.2) is 0 Å². The largest absolute Gasteiger partial charge is 0.508 e. The summed E-state index contributed by atoms with van der Waals surface area (Å²) in [7, 11) is 0. The van der Waals surface area contributed by atoms with Crippen LogP contribution in [0.4, 0.5) is 0 Å². The Hall–Kier alpha value is -1.51. The van der Waals surface area contributed by atoms with Crippen LogP contribution >= 0.6 is 0 Å². The van der Waals surface area contributed by atoms with Crippen molar-refractivity contribution in [1.29, 1.82) is 0 Å². The van der Waals surface area contributed by atoms with Gasteiger partial charge in [0.1, 0.15) is 11.4 Å². The van der Waals surface area contributed by atoms with Crippen LogP contribution in [0.2, 0.25) is 0 Å². The number of hydrogen-bond donors (Lipinski definition) is 1. The van der Waals surface area contributed by atoms with Crippen LogP contribution in [0, 0.1) is 5.41 Å². The van der Waals surface area contributed by atoms with Crippen LogP contribution in [0.25, 0.3) is 0 Å². The number of phenolic OH excluding ortho intramolecular Hbond substituents is 1. The predicted octanol–water partition coefficient (Wildman–Crippen LogP) is 4.14. The molecule has 1 aromatic carbocycles. The van der Waals surface area contributed by atoms with E-state index in [0.29, 0.717) is 0 Å². The summed E-state index contributed by atoms with van der Waals surface area (Å²) in [6.45, 7) is 5.85. The highest BCUT2D eigenvalue weighted by Gasteiger charge is 2.42. The van der Waals surface area contributed by atoms with Crippen LogP contribution in [-0.2, 0) is 15.1 Å². The van der Waals surface area contributed by atoms with Gasteiger partial charge in [-0.1, -0.05) is 19.1 Å². The third kappa shape index (κ3) is 2.82. The molecule has 3 nitrogen and oxygen atoms in total. The van der Waals surface area contributed by atoms with Gasteiger partial charge in [0.2, 0.25) is 0 Å². The molecule has 1 aliphatic rings. The molecule has 0 aliphatic heterocycles. The Morgan fingerprint density at radius 1 is 1.25 bits per heavy atom. The molecule has 0 spiro atoms. The molecule has 1 saturated carbocycles. The zero-order valence-electron chi connectivity index (χ0n) is 12.6. The fraction of sp³-hybridized carbons (Fsp3) is 0.588. The minimum absolute atomic E-state index is 0.130. The molecule has 0 amide bonds. The van der Waals surface area contributed by atoms with Crippen molar-refractivity contribution in [3.8, 4) is 5.75 Å². The van der Waals surface area contributed by atoms with Crippen LogP contribution in [0.5, 0.6) is 5.75 Å². The summed E-state index contributed by atoms with van der Waals surface area (Å²) in [5.74, 6) is 0.108. The summed E-state index contributed by atoms with van der Waals surface area (Å²) in [5, 5.41) is 9.42. The van der Waals surface area contributed by atoms with Gasteiger partial charge in [-0.3, -0.25) is 4.79 Å². The maximum absolute atomic E-state index is 12.4. The lowest BCUT2D eigenvalue weighted by Crippen LogP contribution is -2.36. The number of carbonyl (C=O) groups is 1. The standard InChI is InChI=1S/C17H24O3/c1-4-16(2,3)15(19)20-17(11-5-6-12-17)13-7-9-14(18)10-8-13/h7-10,18H,4-6,11-12H2,1-3H3. The number of aromatic hydroxyl groups is 1. The zero-order valence-corrected chi connectivity index (χ0v) is 12.6. The average molecular weight is 276 g/mol. The first kappa shape index (κ1) is 14.9. The topological polar surface area (TPSA) is 46.5 Å². The van der Waals surface area contributed by atoms with Crippen molar-refractivity contribution in [1.82, 2.24) is 0 Å². The fourth-order valence-electron chi connectivity index (χ4n) is 2.62. The first-order valence-corrected chi connectivity index (χ1v) is 7.43. The molecule has 3 heteroatoms. The lowest BCUT2D eigenvalue weighted by molar-refractivity contribution is -0.171. The van der Waals surface area contributed by atoms with Crippen molar-refractivity contribution in [3.05, 3.63) is 29.8 Å². The van der Waals surface area contributed by atoms with Gasteiger partial charge in [-0.15, -0.1) is 0 Å². The summed E-state index contributed by atoms with van der Waals surface area (Å²) in [4.78, 5) is 12.4. The molecule has 0 saturated heterocycles. The highest BCUT2D eigenvalue weighted by atomic mass is 16.6. The molecule has 0 heterocycles. The molecule has 1 fully saturated rings. The van der Waals surface area contributed by atoms with E-state index in [0.717, 1.165) is 37.7 Å². The monoisotopic (exact) mass is 276 g/mol. The first-order chi connectivity index (χ1) is 9.39. The van der Waals surface area contributed by atoms with E-state index in [1.165, 1.54) is 0 Å². The molecule has 0 atom stereocenters. The van der Waals surface area contributed by atoms with Gasteiger partial charge in [-0.2, -0.15) is 0 Å². The molecule has 0 radical (unpaired) electrons. The number of ether oxygens (including phenoxy) is 1. The Bertz CT molecular complexity index is 468. The Morgan fingerprint density at radius 2 is 1.80 bits per heavy atom. The molecule has 0 bridgehead atoms. The second-order valence-electron chi connectivity index (χ2n) is 6.38. The molecule has 20 heavy (non-hydrogen) atoms. The van der Waals surface area contributed by atoms with Gasteiger partial charge in [0.25, 0.3) is 0 Å². The van der Waals surface area contributed by atoms with Crippen molar-refractivity contribution < 1.29 is 14.6 Å². The van der Waals surface area contributed by atoms with Crippen LogP contribution in [0.3, 0.4) is 0 Å². The smallest absolute Gasteiger partial charge is 0.312 e. The molecule has 0 unspecified atom stereocenters. The quantitative estimate of drug-likeness (QED) is 0.841. The third-order valence-corrected chi connectivity index (χ3v) is 4.53. The average Bonchev–Trinajstić information content (AvgIpc) is 2.89. The SMILES string of the molecule is CCC(C)(C)C(=O)OC1(c2ccc(O)cc2)CCCC1. The molecule has 0 aromatic heterocycles. The predicted molar refractivity (Wildman–Crippen MR) is 78.4 cm³/mol. The summed E-state index contributed by atoms with van der Waals surface area (Å²) in [6, 6.07) is 7.06. The summed E-state index contributed by atoms with van der Waals surface area (Å²) >= 11 is 0. The van der Waals surface area contributed by atoms with Crippen molar-refractivity contribution in [3.63, 3.8) is 0 Å². The molecule has 1 N–H and O–H groups in total. The maximum atomic E-state index is 12.4. The van der Waals surface area contributed by atoms with Gasteiger partial charge in [-0.25, -0.2) is 0 Å². The summed E-state index contributed by atoms with van der Waals surface area (Å²) < 4.78 is 5.96. The van der Waals surface area contributed by atoms with E-state index in [1.807, 2.05) is 32.9 Å². The highest BCUT2D eigenvalue weighted by Crippen LogP contribution is 2.44. The number of esters is 1. The van der Waals surface area contributed by atoms with E-state index in [2.05, 4.69) is 0 Å². The van der Waals surface area contributed by atoms with Gasteiger partial charge >= 0.3 is 5.97 Å². The molecular weight excluding hydrogens is 252 g/mol. The number of benzene rings is 1. The second kappa shape index (κ2) is 5.47. The van der Waals surface area contributed by atoms with Gasteiger partial charge in [0, 0.05) is 0 Å². The fourth-order valence-corrected chi connectivity index (χ4v) is 2.62. The lowest BCUT2D eigenvalue weighted by atomic mass is 9.88. The van der Waals surface area contributed by atoms with Crippen molar-refractivity contribution in [2.24, 2.45) is 5.41 Å². The van der Waals surface area contributed by atoms with E-state index >= 15 is 0 Å². The van der Waals surface area contributed by atoms with E-state index in [4.69, 9.17) is 4.74 Å². The summed E-state index contributed by atoms with van der Waals surface area (Å²) in [5.41, 5.74) is 0.0389. The lowest BCUT2D eigenvalue weighted by Gasteiger charge is -2.33. The van der Waals surface area contributed by atoms with Crippen molar-refractivity contribution in [2.45, 2.75) is 58.5 Å². The Morgan fingerprint density at radius 3 is 2.30 bits per heavy atom. The Balaban J connectivity index is 2.27. The number of hydrogen-bond acceptors (Lipinski definition) is 3. The maximum Gasteiger partial charge on any atom is 0.312 e. The molecular formula is C17H24O3. The third-order valence-electron chi connectivity index (χ3n) is 4.53. The van der Waals surface area contributed by atoms with E-state index < -0.39 is 11.0 Å². The van der Waals surface area contributed by atoms with Crippen molar-refractivity contribution >= 4 is 5.97 Å². The second-order valence-corrected chi connectivity index (χ2v) is 6.38. The van der Waals surface area contributed by atoms with Gasteiger partial charge in [-0.05, 0) is 63.6 Å². The van der Waals surface area contributed by atoms with Gasteiger partial charge in [0.05, 0.1) is 5.41 Å². The van der Waals surface area contributed by atoms with E-state index in [9.17, 15) is 9.90 Å². The zero-order chi connectivity index (χ0) is 14.8. The van der Waals surface area contributed by atoms with Crippen LogP contribution in [0.1, 0.15) is 58.4 Å². The van der Waals surface area contributed by atoms with Gasteiger partial charge < -0.3 is 9.84 Å². The van der Waals surface area contributed by atoms with Crippen LogP contribution < -0.4 is 0 Å². The molecule has 2 rings (SSSR count). The van der Waals surface area contributed by atoms with Crippen LogP contribution in [-0.4, -0.2) is 11.1 Å². The molecule has 1 aliphatic carbocycles. The number of carbonyl (C=O) groups excluding carboxylic acids is 1. The molecule has 110 valence electrons. The normalized spacial score (nSPS) is 17.9. The Labute approximate surface area is 121 Å². The van der Waals surface area contributed by atoms with E-state index in [1.54, 1.807) is 12.1 Å². The van der Waals surface area contributed by atoms with Crippen LogP contribution in [0.15, 0.2) is 24.3 Å².